The summed E-state index contributed by atoms with van der Waals surface area (Å²) in [5.41, 5.74) is 5.70. The zero-order valence-electron chi connectivity index (χ0n) is 78.7. The van der Waals surface area contributed by atoms with Crippen LogP contribution in [0.5, 0.6) is 0 Å². The minimum atomic E-state index is 0.308. The highest BCUT2D eigenvalue weighted by Gasteiger charge is 2.25. The number of hydrogen-bond acceptors (Lipinski definition) is 4. The molecule has 4 saturated heterocycles. The maximum atomic E-state index is 11.6. The summed E-state index contributed by atoms with van der Waals surface area (Å²) >= 11 is 13.8. The van der Waals surface area contributed by atoms with E-state index in [9.17, 15) is 19.2 Å². The van der Waals surface area contributed by atoms with Crippen molar-refractivity contribution < 1.29 is 19.2 Å². The number of amides is 4. The van der Waals surface area contributed by atoms with Gasteiger partial charge in [-0.25, -0.2) is 0 Å². The second-order valence-electron chi connectivity index (χ2n) is 22.9. The Bertz CT molecular complexity index is 2470. The van der Waals surface area contributed by atoms with Gasteiger partial charge in [0.15, 0.2) is 0 Å². The number of halogens is 6. The van der Waals surface area contributed by atoms with Crippen molar-refractivity contribution in [1.82, 2.24) is 19.6 Å². The third-order valence-electron chi connectivity index (χ3n) is 15.0. The average molecular weight is 2270 g/mol. The van der Waals surface area contributed by atoms with Crippen LogP contribution in [0.1, 0.15) is 300 Å². The number of terminal acetylenes is 4. The van der Waals surface area contributed by atoms with Crippen LogP contribution in [0.15, 0.2) is 121 Å². The van der Waals surface area contributed by atoms with Gasteiger partial charge < -0.3 is 19.6 Å². The molecule has 8 nitrogen and oxygen atoms in total. The molecule has 4 fully saturated rings. The Hall–Kier alpha value is -3.50. The SMILES string of the molecule is C#CC.C#CC.C#CC.C#CC.CC.CC.CC.CC.CC.CC.CC.CC#CC.CC#CC.CC(I)(I)I.CCC(=O)N1CCC(Cc2ccccc2)CC1.CCC(=O)N1CCC(Cc2ccccc2)CC1.CCC(=O)N1CCC(Cc2ccccc2)CC1.CCC(=O)N1CCC(Cc2ccccc2)CC1.CCI.CCI.CI. The van der Waals surface area contributed by atoms with Crippen LogP contribution in [0.4, 0.5) is 0 Å². The van der Waals surface area contributed by atoms with E-state index in [1.54, 1.807) is 27.7 Å². The van der Waals surface area contributed by atoms with Crippen LogP contribution in [0, 0.1) is 96.7 Å². The largest absolute Gasteiger partial charge is 0.343 e. The predicted octanol–water partition coefficient (Wildman–Crippen LogP) is 30.2. The molecule has 0 saturated carbocycles. The molecular weight excluding hydrogens is 2090 g/mol. The Morgan fingerprint density at radius 2 is 0.417 bits per heavy atom. The average Bonchev–Trinajstić information content (AvgIpc) is 0.896. The van der Waals surface area contributed by atoms with Crippen molar-refractivity contribution in [3.8, 4) is 73.1 Å². The first-order chi connectivity index (χ1) is 55.5. The van der Waals surface area contributed by atoms with Gasteiger partial charge in [-0.3, -0.25) is 19.2 Å². The van der Waals surface area contributed by atoms with E-state index in [4.69, 9.17) is 0 Å². The Balaban J connectivity index is -0.0000000930. The molecule has 4 aliphatic heterocycles. The van der Waals surface area contributed by atoms with Crippen molar-refractivity contribution in [3.63, 3.8) is 0 Å². The summed E-state index contributed by atoms with van der Waals surface area (Å²) in [6.45, 7) is 63.6. The van der Waals surface area contributed by atoms with E-state index in [1.165, 1.54) is 31.1 Å². The lowest BCUT2D eigenvalue weighted by atomic mass is 9.90. The standard InChI is InChI=1S/4C15H21NO.2C4H6.4C3H4.C2H3I3.2C2H5I.7C2H6.CH3I/c4*1-2-15(17)16-10-8-14(9-11-16)12-13-6-4-3-5-7-13;2*1-3-4-2;4*1-3-2;1-2(3,4)5;2*1-2-3;8*1-2/h4*3-7,14H,2,8-12H2,1H3;2*1-2H3;4*1H,2H3;1H3;2*2H2,1H3;7*1-2H3;1H3. The van der Waals surface area contributed by atoms with E-state index < -0.39 is 0 Å². The highest BCUT2D eigenvalue weighted by molar-refractivity contribution is 14.3. The molecule has 14 heteroatoms. The number of piperidine rings is 4. The minimum Gasteiger partial charge on any atom is -0.343 e. The fraction of sp³-hybridized carbons (Fsp3) is 0.604. The molecule has 4 aliphatic rings. The van der Waals surface area contributed by atoms with Gasteiger partial charge >= 0.3 is 0 Å². The summed E-state index contributed by atoms with van der Waals surface area (Å²) in [6.07, 6.45) is 34.8. The van der Waals surface area contributed by atoms with Gasteiger partial charge in [0.25, 0.3) is 0 Å². The first kappa shape index (κ1) is 140. The van der Waals surface area contributed by atoms with E-state index in [2.05, 4.69) is 351 Å². The van der Waals surface area contributed by atoms with Crippen LogP contribution < -0.4 is 0 Å². The number of benzene rings is 4. The molecule has 0 bridgehead atoms. The molecule has 0 aromatic heterocycles. The van der Waals surface area contributed by atoms with Crippen molar-refractivity contribution in [2.75, 3.05) is 66.1 Å². The minimum absolute atomic E-state index is 0.308. The molecule has 115 heavy (non-hydrogen) atoms. The topological polar surface area (TPSA) is 81.2 Å². The number of alkyl halides is 6. The lowest BCUT2D eigenvalue weighted by molar-refractivity contribution is -0.133. The summed E-state index contributed by atoms with van der Waals surface area (Å²) in [5, 5.41) is 0. The summed E-state index contributed by atoms with van der Waals surface area (Å²) in [6, 6.07) is 42.6. The van der Waals surface area contributed by atoms with Crippen LogP contribution in [-0.2, 0) is 44.9 Å². The number of rotatable bonds is 12. The first-order valence-corrected chi connectivity index (χ1v) is 50.9. The van der Waals surface area contributed by atoms with Gasteiger partial charge in [-0.05, 0) is 199 Å². The second kappa shape index (κ2) is 121. The number of carbonyl (C=O) groups excluding carboxylic acids is 4. The highest BCUT2D eigenvalue weighted by Crippen LogP contribution is 2.34. The van der Waals surface area contributed by atoms with Gasteiger partial charge in [0.05, 0.1) is 0 Å². The summed E-state index contributed by atoms with van der Waals surface area (Å²) < 4.78 is 2.85. The van der Waals surface area contributed by atoms with Gasteiger partial charge in [-0.1, -0.05) is 395 Å². The van der Waals surface area contributed by atoms with E-state index in [0.29, 0.717) is 48.7 Å². The van der Waals surface area contributed by atoms with Gasteiger partial charge in [-0.2, -0.15) is 0 Å². The number of carbonyl (C=O) groups is 4. The summed E-state index contributed by atoms with van der Waals surface area (Å²) in [4.78, 5) is 56.3. The summed E-state index contributed by atoms with van der Waals surface area (Å²) in [7, 11) is 0. The quantitative estimate of drug-likeness (QED) is 0.0804. The molecule has 4 heterocycles. The van der Waals surface area contributed by atoms with Crippen LogP contribution in [0.3, 0.4) is 0 Å². The molecule has 4 amide bonds. The van der Waals surface area contributed by atoms with Gasteiger partial charge in [0.1, 0.15) is -0.565 Å². The lowest BCUT2D eigenvalue weighted by Crippen LogP contribution is -2.38. The van der Waals surface area contributed by atoms with Crippen LogP contribution >= 0.6 is 136 Å². The van der Waals surface area contributed by atoms with Crippen LogP contribution in [-0.4, -0.2) is 109 Å². The zero-order valence-corrected chi connectivity index (χ0v) is 91.7. The molecular formula is C101H170I6N4O4. The first-order valence-electron chi connectivity index (χ1n) is 42.5. The van der Waals surface area contributed by atoms with Crippen LogP contribution in [0.25, 0.3) is 0 Å². The maximum Gasteiger partial charge on any atom is 0.222 e. The Kier molecular flexibility index (Phi) is 148. The van der Waals surface area contributed by atoms with Crippen molar-refractivity contribution >= 4 is 159 Å². The van der Waals surface area contributed by atoms with Gasteiger partial charge in [-0.15, -0.1) is 73.1 Å². The van der Waals surface area contributed by atoms with E-state index in [1.807, 2.05) is 177 Å². The van der Waals surface area contributed by atoms with Crippen LogP contribution in [0.2, 0.25) is 0 Å². The molecule has 0 unspecified atom stereocenters. The number of hydrogen-bond donors (Lipinski definition) is 0. The molecule has 0 N–H and O–H groups in total. The lowest BCUT2D eigenvalue weighted by Gasteiger charge is -2.32. The normalized spacial score (nSPS) is 11.9. The molecule has 660 valence electrons. The van der Waals surface area contributed by atoms with E-state index in [0.717, 1.165) is 153 Å². The molecule has 4 aromatic rings. The summed E-state index contributed by atoms with van der Waals surface area (Å²) in [5.74, 6) is 23.9. The molecule has 8 rings (SSSR count). The zero-order chi connectivity index (χ0) is 91.9. The Morgan fingerprint density at radius 1 is 0.313 bits per heavy atom. The monoisotopic (exact) mass is 2260 g/mol. The third-order valence-corrected chi connectivity index (χ3v) is 15.0. The fourth-order valence-electron chi connectivity index (χ4n) is 10.2. The molecule has 0 aliphatic carbocycles. The van der Waals surface area contributed by atoms with Gasteiger partial charge in [0, 0.05) is 78.0 Å². The molecule has 0 atom stereocenters. The van der Waals surface area contributed by atoms with Crippen molar-refractivity contribution in [1.29, 1.82) is 0 Å². The van der Waals surface area contributed by atoms with E-state index in [-0.39, 0.29) is 0 Å². The third kappa shape index (κ3) is 107. The Labute approximate surface area is 798 Å². The van der Waals surface area contributed by atoms with Crippen molar-refractivity contribution in [3.05, 3.63) is 144 Å². The molecule has 0 radical (unpaired) electrons. The molecule has 4 aromatic carbocycles. The highest BCUT2D eigenvalue weighted by atomic mass is 127. The fourth-order valence-corrected chi connectivity index (χ4v) is 10.2. The van der Waals surface area contributed by atoms with Crippen molar-refractivity contribution in [2.24, 2.45) is 23.7 Å². The predicted molar refractivity (Wildman–Crippen MR) is 574 cm³/mol. The molecule has 0 spiro atoms. The smallest absolute Gasteiger partial charge is 0.222 e. The van der Waals surface area contributed by atoms with Gasteiger partial charge in [0.2, 0.25) is 23.6 Å². The van der Waals surface area contributed by atoms with Crippen molar-refractivity contribution in [2.45, 2.75) is 303 Å². The second-order valence-corrected chi connectivity index (χ2v) is 38.7. The maximum absolute atomic E-state index is 11.6. The van der Waals surface area contributed by atoms with E-state index >= 15 is 0 Å². The number of likely N-dealkylation sites (tertiary alicyclic amines) is 4. The Morgan fingerprint density at radius 3 is 0.504 bits per heavy atom. The number of nitrogens with zero attached hydrogens (tertiary/aromatic N) is 4.